The van der Waals surface area contributed by atoms with Gasteiger partial charge in [-0.3, -0.25) is 14.4 Å². The molecule has 3 fully saturated rings. The molecule has 3 aliphatic heterocycles. The minimum Gasteiger partial charge on any atom is -0.395 e. The van der Waals surface area contributed by atoms with Crippen LogP contribution in [0.4, 0.5) is 5.69 Å². The van der Waals surface area contributed by atoms with Gasteiger partial charge in [-0.05, 0) is 37.8 Å². The summed E-state index contributed by atoms with van der Waals surface area (Å²) in [4.78, 5) is 41.8. The number of anilines is 1. The summed E-state index contributed by atoms with van der Waals surface area (Å²) >= 11 is 0. The molecule has 0 saturated carbocycles. The largest absolute Gasteiger partial charge is 0.395 e. The number of benzene rings is 1. The lowest BCUT2D eigenvalue weighted by Crippen LogP contribution is -2.55. The first-order chi connectivity index (χ1) is 15.4. The highest BCUT2D eigenvalue weighted by molar-refractivity contribution is 6.02. The number of carbonyl (C=O) groups excluding carboxylic acids is 3. The highest BCUT2D eigenvalue weighted by Gasteiger charge is 2.78. The predicted octanol–water partition coefficient (Wildman–Crippen LogP) is 1.69. The minimum absolute atomic E-state index is 0.0401. The van der Waals surface area contributed by atoms with Crippen LogP contribution in [-0.4, -0.2) is 64.7 Å². The normalized spacial score (nSPS) is 32.8. The lowest BCUT2D eigenvalue weighted by Gasteiger charge is -2.33. The Bertz CT molecular complexity index is 878. The lowest BCUT2D eigenvalue weighted by atomic mass is 9.65. The number of hydrogen-bond acceptors (Lipinski definition) is 5. The number of nitrogens with zero attached hydrogens (tertiary/aromatic N) is 1. The smallest absolute Gasteiger partial charge is 0.245 e. The van der Waals surface area contributed by atoms with Crippen LogP contribution in [-0.2, 0) is 19.1 Å². The summed E-state index contributed by atoms with van der Waals surface area (Å²) < 4.78 is 6.61. The van der Waals surface area contributed by atoms with Crippen LogP contribution < -0.4 is 10.6 Å². The molecule has 0 aromatic heterocycles. The number of nitrogens with one attached hydrogen (secondary N) is 2. The van der Waals surface area contributed by atoms with Gasteiger partial charge in [0.25, 0.3) is 0 Å². The van der Waals surface area contributed by atoms with Gasteiger partial charge >= 0.3 is 0 Å². The van der Waals surface area contributed by atoms with Crippen LogP contribution in [0, 0.1) is 11.8 Å². The monoisotopic (exact) mass is 443 g/mol. The number of aliphatic hydroxyl groups is 1. The molecule has 3 heterocycles. The van der Waals surface area contributed by atoms with E-state index in [-0.39, 0.29) is 30.9 Å². The van der Waals surface area contributed by atoms with Crippen molar-refractivity contribution in [1.82, 2.24) is 10.2 Å². The number of aliphatic hydroxyl groups excluding tert-OH is 1. The van der Waals surface area contributed by atoms with Crippen molar-refractivity contribution in [1.29, 1.82) is 0 Å². The summed E-state index contributed by atoms with van der Waals surface area (Å²) in [5.74, 6) is -2.23. The Balaban J connectivity index is 1.69. The van der Waals surface area contributed by atoms with Gasteiger partial charge in [-0.1, -0.05) is 38.5 Å². The number of amides is 3. The molecular formula is C24H33N3O5. The molecule has 4 rings (SSSR count). The number of carbonyl (C=O) groups is 3. The Kier molecular flexibility index (Phi) is 6.27. The maximum Gasteiger partial charge on any atom is 0.245 e. The van der Waals surface area contributed by atoms with E-state index in [4.69, 9.17) is 4.74 Å². The molecule has 3 saturated heterocycles. The van der Waals surface area contributed by atoms with Crippen molar-refractivity contribution < 1.29 is 24.2 Å². The molecule has 1 aromatic carbocycles. The third kappa shape index (κ3) is 3.40. The van der Waals surface area contributed by atoms with Crippen molar-refractivity contribution in [2.24, 2.45) is 11.8 Å². The summed E-state index contributed by atoms with van der Waals surface area (Å²) in [6.07, 6.45) is 3.52. The number of ether oxygens (including phenoxy) is 1. The van der Waals surface area contributed by atoms with E-state index in [0.29, 0.717) is 31.5 Å². The van der Waals surface area contributed by atoms with Crippen molar-refractivity contribution in [3.8, 4) is 0 Å². The van der Waals surface area contributed by atoms with Crippen molar-refractivity contribution in [2.75, 3.05) is 25.0 Å². The van der Waals surface area contributed by atoms with E-state index >= 15 is 0 Å². The van der Waals surface area contributed by atoms with Crippen LogP contribution in [0.25, 0.3) is 0 Å². The second-order valence-electron chi connectivity index (χ2n) is 9.09. The van der Waals surface area contributed by atoms with Crippen LogP contribution in [0.15, 0.2) is 30.3 Å². The summed E-state index contributed by atoms with van der Waals surface area (Å²) in [5.41, 5.74) is -1.16. The number of para-hydroxylation sites is 1. The van der Waals surface area contributed by atoms with E-state index in [2.05, 4.69) is 10.6 Å². The molecule has 0 radical (unpaired) electrons. The van der Waals surface area contributed by atoms with E-state index in [1.807, 2.05) is 32.0 Å². The van der Waals surface area contributed by atoms with E-state index in [1.165, 1.54) is 4.90 Å². The molecule has 1 aromatic rings. The third-order valence-electron chi connectivity index (χ3n) is 7.42. The summed E-state index contributed by atoms with van der Waals surface area (Å²) in [6, 6.07) is 8.31. The van der Waals surface area contributed by atoms with Crippen molar-refractivity contribution in [3.05, 3.63) is 30.3 Å². The fourth-order valence-corrected chi connectivity index (χ4v) is 5.99. The molecule has 174 valence electrons. The summed E-state index contributed by atoms with van der Waals surface area (Å²) in [5, 5.41) is 15.5. The number of likely N-dealkylation sites (tertiary alicyclic amines) is 1. The molecule has 8 heteroatoms. The number of rotatable bonds is 9. The van der Waals surface area contributed by atoms with Crippen LogP contribution in [0.1, 0.15) is 46.0 Å². The average molecular weight is 444 g/mol. The second kappa shape index (κ2) is 8.83. The zero-order chi connectivity index (χ0) is 22.9. The third-order valence-corrected chi connectivity index (χ3v) is 7.42. The Morgan fingerprint density at radius 3 is 2.59 bits per heavy atom. The SMILES string of the molecule is CCCCNC(=O)C1N(CCO)C(=O)[C@@H]2[C@H](C(=O)Nc3ccccc3)[C@]3(CC)CCC12O3. The highest BCUT2D eigenvalue weighted by Crippen LogP contribution is 2.64. The standard InChI is InChI=1S/C24H33N3O5/c1-3-5-13-25-21(30)19-24-12-11-23(4-2,32-24)17(18(24)22(31)27(19)14-15-28)20(29)26-16-9-7-6-8-10-16/h6-10,17-19,28H,3-5,11-15H2,1-2H3,(H,25,30)(H,26,29)/t17-,18+,19?,23+,24?/m1/s1. The first-order valence-corrected chi connectivity index (χ1v) is 11.7. The van der Waals surface area contributed by atoms with E-state index in [1.54, 1.807) is 12.1 Å². The van der Waals surface area contributed by atoms with E-state index < -0.39 is 29.1 Å². The van der Waals surface area contributed by atoms with E-state index in [0.717, 1.165) is 12.8 Å². The fourth-order valence-electron chi connectivity index (χ4n) is 5.99. The zero-order valence-electron chi connectivity index (χ0n) is 18.8. The number of β-amino-alcohol motifs (C(OH)–C–C–N with tert-alkyl or cyclic N) is 1. The van der Waals surface area contributed by atoms with Crippen molar-refractivity contribution in [2.45, 2.75) is 63.2 Å². The maximum atomic E-state index is 13.6. The van der Waals surface area contributed by atoms with Crippen LogP contribution in [0.5, 0.6) is 0 Å². The Labute approximate surface area is 188 Å². The first-order valence-electron chi connectivity index (χ1n) is 11.7. The molecule has 5 atom stereocenters. The predicted molar refractivity (Wildman–Crippen MR) is 119 cm³/mol. The van der Waals surface area contributed by atoms with E-state index in [9.17, 15) is 19.5 Å². The van der Waals surface area contributed by atoms with Gasteiger partial charge in [0.15, 0.2) is 0 Å². The molecule has 3 N–H and O–H groups in total. The van der Waals surface area contributed by atoms with Crippen molar-refractivity contribution >= 4 is 23.4 Å². The quantitative estimate of drug-likeness (QED) is 0.504. The summed E-state index contributed by atoms with van der Waals surface area (Å²) in [6.45, 7) is 4.31. The first kappa shape index (κ1) is 22.7. The highest BCUT2D eigenvalue weighted by atomic mass is 16.5. The van der Waals surface area contributed by atoms with Gasteiger partial charge in [0.1, 0.15) is 11.6 Å². The topological polar surface area (TPSA) is 108 Å². The number of hydrogen-bond donors (Lipinski definition) is 3. The van der Waals surface area contributed by atoms with Crippen LogP contribution in [0.2, 0.25) is 0 Å². The molecule has 1 spiro atoms. The molecule has 3 aliphatic rings. The van der Waals surface area contributed by atoms with Gasteiger partial charge in [0.05, 0.1) is 24.0 Å². The van der Waals surface area contributed by atoms with Gasteiger partial charge in [-0.25, -0.2) is 0 Å². The van der Waals surface area contributed by atoms with Gasteiger partial charge < -0.3 is 25.4 Å². The van der Waals surface area contributed by atoms with Crippen molar-refractivity contribution in [3.63, 3.8) is 0 Å². The molecule has 0 aliphatic carbocycles. The Morgan fingerprint density at radius 1 is 1.19 bits per heavy atom. The number of unbranched alkanes of at least 4 members (excludes halogenated alkanes) is 1. The molecule has 8 nitrogen and oxygen atoms in total. The second-order valence-corrected chi connectivity index (χ2v) is 9.09. The fraction of sp³-hybridized carbons (Fsp3) is 0.625. The van der Waals surface area contributed by atoms with Gasteiger partial charge in [0, 0.05) is 18.8 Å². The Morgan fingerprint density at radius 2 is 1.94 bits per heavy atom. The number of fused-ring (bicyclic) bond motifs is 1. The van der Waals surface area contributed by atoms with Gasteiger partial charge in [-0.15, -0.1) is 0 Å². The molecule has 2 bridgehead atoms. The lowest BCUT2D eigenvalue weighted by molar-refractivity contribution is -0.146. The zero-order valence-corrected chi connectivity index (χ0v) is 18.8. The minimum atomic E-state index is -1.04. The Hall–Kier alpha value is -2.45. The molecule has 3 amide bonds. The maximum absolute atomic E-state index is 13.6. The average Bonchev–Trinajstić information content (AvgIpc) is 3.39. The molecule has 32 heavy (non-hydrogen) atoms. The summed E-state index contributed by atoms with van der Waals surface area (Å²) in [7, 11) is 0. The van der Waals surface area contributed by atoms with Crippen LogP contribution in [0.3, 0.4) is 0 Å². The molecular weight excluding hydrogens is 410 g/mol. The van der Waals surface area contributed by atoms with Gasteiger partial charge in [0.2, 0.25) is 17.7 Å². The van der Waals surface area contributed by atoms with Crippen LogP contribution >= 0.6 is 0 Å². The molecule has 2 unspecified atom stereocenters. The van der Waals surface area contributed by atoms with Gasteiger partial charge in [-0.2, -0.15) is 0 Å².